The number of nitrogens with zero attached hydrogens (tertiary/aromatic N) is 3. The first-order chi connectivity index (χ1) is 19.3. The summed E-state index contributed by atoms with van der Waals surface area (Å²) in [4.78, 5) is 51.8. The molecule has 0 unspecified atom stereocenters. The third-order valence-corrected chi connectivity index (χ3v) is 10.2. The lowest BCUT2D eigenvalue weighted by Gasteiger charge is -2.19. The van der Waals surface area contributed by atoms with Gasteiger partial charge in [-0.3, -0.25) is 33.2 Å². The smallest absolute Gasteiger partial charge is 0.323 e. The average molecular weight is 652 g/mol. The molecule has 3 aromatic rings. The number of carboxylic acids is 2. The van der Waals surface area contributed by atoms with Gasteiger partial charge in [-0.25, -0.2) is 0 Å². The Hall–Kier alpha value is -3.48. The predicted octanol–water partition coefficient (Wildman–Crippen LogP) is 1.28. The molecular weight excluding hydrogens is 635 g/mol. The number of fused-ring (bicyclic) bond motifs is 3. The third-order valence-electron chi connectivity index (χ3n) is 5.82. The fourth-order valence-corrected chi connectivity index (χ4v) is 8.43. The Morgan fingerprint density at radius 2 is 1.66 bits per heavy atom. The number of hydrogen-bond donors (Lipinski definition) is 3. The molecule has 1 saturated heterocycles. The van der Waals surface area contributed by atoms with E-state index in [9.17, 15) is 37.3 Å². The molecule has 2 aromatic carbocycles. The summed E-state index contributed by atoms with van der Waals surface area (Å²) in [7, 11) is -4.47. The molecule has 1 amide bonds. The summed E-state index contributed by atoms with van der Waals surface area (Å²) in [5.74, 6) is -4.15. The standard InChI is InChI=1S/C24H17N3O9S5/c28-17(29)9-25-21(32)15(39-23(25)20-22(33)26(10-18(30)31)24(37)40-20)7-8-16-27(11-41(34,35)36)19-13-4-2-1-3-12(13)5-6-14(19)38-16/h1-8H,9-11H2,(H,28,29)(H,30,31)(H,34,35,36)/b15-7+,16-8-,23-20-. The molecular formula is C24H17N3O9S5. The van der Waals surface area contributed by atoms with Gasteiger partial charge in [0.25, 0.3) is 21.6 Å². The van der Waals surface area contributed by atoms with E-state index in [1.165, 1.54) is 28.8 Å². The van der Waals surface area contributed by atoms with Crippen LogP contribution in [0.15, 0.2) is 57.2 Å². The molecule has 2 aliphatic heterocycles. The number of hydrogen-bond acceptors (Lipinski definition) is 11. The largest absolute Gasteiger partial charge is 0.480 e. The Kier molecular flexibility index (Phi) is 7.84. The Bertz CT molecular complexity index is 2000. The Labute approximate surface area is 248 Å². The van der Waals surface area contributed by atoms with Crippen LogP contribution in [0.25, 0.3) is 21.8 Å². The zero-order chi connectivity index (χ0) is 29.6. The number of carbonyl (C=O) groups is 3. The monoisotopic (exact) mass is 651 g/mol. The number of allylic oxidation sites excluding steroid dienone is 1. The van der Waals surface area contributed by atoms with E-state index in [0.717, 1.165) is 48.2 Å². The van der Waals surface area contributed by atoms with Gasteiger partial charge in [0.1, 0.15) is 27.0 Å². The van der Waals surface area contributed by atoms with E-state index in [-0.39, 0.29) is 18.4 Å². The van der Waals surface area contributed by atoms with Crippen LogP contribution >= 0.6 is 47.1 Å². The highest BCUT2D eigenvalue weighted by Crippen LogP contribution is 2.49. The molecule has 41 heavy (non-hydrogen) atoms. The van der Waals surface area contributed by atoms with E-state index < -0.39 is 52.5 Å². The maximum Gasteiger partial charge on any atom is 0.323 e. The van der Waals surface area contributed by atoms with Crippen molar-refractivity contribution in [2.24, 2.45) is 0 Å². The number of benzene rings is 2. The van der Waals surface area contributed by atoms with Crippen LogP contribution in [0.5, 0.6) is 0 Å². The number of amides is 1. The lowest BCUT2D eigenvalue weighted by atomic mass is 10.1. The average Bonchev–Trinajstić information content (AvgIpc) is 3.48. The van der Waals surface area contributed by atoms with Crippen LogP contribution in [0.1, 0.15) is 0 Å². The molecule has 5 rings (SSSR count). The van der Waals surface area contributed by atoms with E-state index in [1.807, 2.05) is 30.3 Å². The number of thiazole rings is 1. The minimum absolute atomic E-state index is 0.00423. The minimum atomic E-state index is -4.47. The summed E-state index contributed by atoms with van der Waals surface area (Å²) in [5, 5.41) is 20.5. The van der Waals surface area contributed by atoms with Crippen molar-refractivity contribution in [3.8, 4) is 0 Å². The molecule has 2 aliphatic rings. The van der Waals surface area contributed by atoms with Crippen molar-refractivity contribution in [1.82, 2.24) is 9.47 Å². The van der Waals surface area contributed by atoms with Gasteiger partial charge in [0.05, 0.1) is 15.2 Å². The number of carboxylic acid groups (broad SMARTS) is 2. The molecule has 1 aromatic heterocycles. The van der Waals surface area contributed by atoms with Gasteiger partial charge in [-0.2, -0.15) is 8.42 Å². The molecule has 0 radical (unpaired) electrons. The van der Waals surface area contributed by atoms with Crippen LogP contribution in [0.3, 0.4) is 0 Å². The van der Waals surface area contributed by atoms with Gasteiger partial charge in [0.15, 0.2) is 5.88 Å². The van der Waals surface area contributed by atoms with Crippen molar-refractivity contribution < 1.29 is 37.6 Å². The van der Waals surface area contributed by atoms with Crippen molar-refractivity contribution in [2.75, 3.05) is 17.3 Å². The molecule has 0 bridgehead atoms. The molecule has 212 valence electrons. The molecule has 0 atom stereocenters. The minimum Gasteiger partial charge on any atom is -0.480 e. The van der Waals surface area contributed by atoms with Crippen LogP contribution in [0.4, 0.5) is 5.69 Å². The van der Waals surface area contributed by atoms with Gasteiger partial charge in [0, 0.05) is 10.3 Å². The van der Waals surface area contributed by atoms with Crippen LogP contribution in [-0.2, 0) is 31.0 Å². The highest BCUT2D eigenvalue weighted by Gasteiger charge is 2.35. The van der Waals surface area contributed by atoms with E-state index >= 15 is 0 Å². The SMILES string of the molecule is O=C(O)CN1C(=O)/C(=c2/s/c(=C/C=C3\Sc4ccc5ccccc5c4N3CS(=O)(=O)O)c(=O)n2CC(=O)O)SC1=S. The van der Waals surface area contributed by atoms with Gasteiger partial charge in [0.2, 0.25) is 0 Å². The fraction of sp³-hybridized carbons (Fsp3) is 0.125. The third kappa shape index (κ3) is 5.81. The van der Waals surface area contributed by atoms with Crippen molar-refractivity contribution in [2.45, 2.75) is 11.4 Å². The van der Waals surface area contributed by atoms with Gasteiger partial charge >= 0.3 is 11.9 Å². The maximum absolute atomic E-state index is 13.3. The Morgan fingerprint density at radius 1 is 0.951 bits per heavy atom. The van der Waals surface area contributed by atoms with Crippen molar-refractivity contribution >= 4 is 107 Å². The summed E-state index contributed by atoms with van der Waals surface area (Å²) in [6.45, 7) is -1.46. The van der Waals surface area contributed by atoms with E-state index in [4.69, 9.17) is 17.3 Å². The predicted molar refractivity (Wildman–Crippen MR) is 160 cm³/mol. The number of thiocarbonyl (C=S) groups is 1. The Morgan fingerprint density at radius 3 is 2.34 bits per heavy atom. The van der Waals surface area contributed by atoms with E-state index in [0.29, 0.717) is 10.7 Å². The zero-order valence-corrected chi connectivity index (χ0v) is 24.5. The molecule has 1 fully saturated rings. The lowest BCUT2D eigenvalue weighted by Crippen LogP contribution is -2.36. The first-order valence-electron chi connectivity index (χ1n) is 11.4. The highest BCUT2D eigenvalue weighted by atomic mass is 32.2. The lowest BCUT2D eigenvalue weighted by molar-refractivity contribution is -0.140. The first-order valence-corrected chi connectivity index (χ1v) is 15.9. The molecule has 12 nitrogen and oxygen atoms in total. The summed E-state index contributed by atoms with van der Waals surface area (Å²) in [6, 6.07) is 11.0. The van der Waals surface area contributed by atoms with Crippen molar-refractivity contribution in [1.29, 1.82) is 0 Å². The number of anilines is 1. The number of rotatable bonds is 7. The number of thioether (sulfide) groups is 2. The van der Waals surface area contributed by atoms with Crippen LogP contribution in [0, 0.1) is 0 Å². The number of carbonyl (C=O) groups excluding carboxylic acids is 1. The summed E-state index contributed by atoms with van der Waals surface area (Å²) in [5.41, 5.74) is -0.156. The topological polar surface area (TPSA) is 175 Å². The summed E-state index contributed by atoms with van der Waals surface area (Å²) >= 11 is 7.92. The normalized spacial score (nSPS) is 18.2. The maximum atomic E-state index is 13.3. The van der Waals surface area contributed by atoms with Crippen LogP contribution < -0.4 is 19.7 Å². The molecule has 0 saturated carbocycles. The number of aliphatic carboxylic acids is 2. The fourth-order valence-electron chi connectivity index (χ4n) is 4.22. The molecule has 17 heteroatoms. The van der Waals surface area contributed by atoms with Gasteiger partial charge in [-0.1, -0.05) is 66.1 Å². The second-order valence-electron chi connectivity index (χ2n) is 8.58. The Balaban J connectivity index is 1.66. The van der Waals surface area contributed by atoms with Gasteiger partial charge < -0.3 is 15.1 Å². The van der Waals surface area contributed by atoms with E-state index in [1.54, 1.807) is 6.07 Å². The molecule has 0 spiro atoms. The van der Waals surface area contributed by atoms with Crippen molar-refractivity contribution in [3.05, 3.63) is 67.1 Å². The molecule has 3 N–H and O–H groups in total. The first kappa shape index (κ1) is 29.0. The quantitative estimate of drug-likeness (QED) is 0.246. The second kappa shape index (κ2) is 11.1. The summed E-state index contributed by atoms with van der Waals surface area (Å²) < 4.78 is 34.4. The molecule has 3 heterocycles. The number of aromatic nitrogens is 1. The zero-order valence-electron chi connectivity index (χ0n) is 20.4. The van der Waals surface area contributed by atoms with E-state index in [2.05, 4.69) is 0 Å². The summed E-state index contributed by atoms with van der Waals surface area (Å²) in [6.07, 6.45) is 2.85. The second-order valence-corrected chi connectivity index (χ2v) is 13.7. The van der Waals surface area contributed by atoms with Gasteiger partial charge in [-0.05, 0) is 23.6 Å². The van der Waals surface area contributed by atoms with Crippen molar-refractivity contribution in [3.63, 3.8) is 0 Å². The van der Waals surface area contributed by atoms with Gasteiger partial charge in [-0.15, -0.1) is 11.3 Å². The van der Waals surface area contributed by atoms with Crippen LogP contribution in [-0.4, -0.2) is 67.2 Å². The highest BCUT2D eigenvalue weighted by molar-refractivity contribution is 8.30. The van der Waals surface area contributed by atoms with Crippen LogP contribution in [0.2, 0.25) is 0 Å². The molecule has 0 aliphatic carbocycles.